The normalized spacial score (nSPS) is 10.6. The van der Waals surface area contributed by atoms with E-state index in [-0.39, 0.29) is 17.6 Å². The first-order valence-corrected chi connectivity index (χ1v) is 6.43. The van der Waals surface area contributed by atoms with Gasteiger partial charge >= 0.3 is 5.97 Å². The molecule has 94 valence electrons. The fraction of sp³-hybridized carbons (Fsp3) is 0.545. The first-order chi connectivity index (χ1) is 8.06. The van der Waals surface area contributed by atoms with Crippen molar-refractivity contribution < 1.29 is 9.53 Å². The molecular formula is C11H17N3O2S. The van der Waals surface area contributed by atoms with E-state index in [4.69, 9.17) is 10.5 Å². The Labute approximate surface area is 105 Å². The molecule has 0 aliphatic rings. The van der Waals surface area contributed by atoms with Crippen molar-refractivity contribution in [2.45, 2.75) is 31.7 Å². The van der Waals surface area contributed by atoms with Crippen LogP contribution in [0.15, 0.2) is 11.4 Å². The molecule has 2 N–H and O–H groups in total. The van der Waals surface area contributed by atoms with Crippen molar-refractivity contribution in [3.05, 3.63) is 11.9 Å². The molecule has 1 aromatic rings. The number of ether oxygens (including phenoxy) is 1. The maximum absolute atomic E-state index is 11.3. The monoisotopic (exact) mass is 255 g/mol. The first-order valence-electron chi connectivity index (χ1n) is 5.45. The number of hydrogen-bond acceptors (Lipinski definition) is 6. The lowest BCUT2D eigenvalue weighted by Crippen LogP contribution is -2.09. The minimum absolute atomic E-state index is 0.223. The molecule has 0 amide bonds. The highest BCUT2D eigenvalue weighted by molar-refractivity contribution is 7.99. The van der Waals surface area contributed by atoms with Crippen molar-refractivity contribution in [3.8, 4) is 0 Å². The number of nitrogens with zero attached hydrogens (tertiary/aromatic N) is 2. The Balaban J connectivity index is 2.77. The van der Waals surface area contributed by atoms with E-state index in [1.807, 2.05) is 13.8 Å². The van der Waals surface area contributed by atoms with Gasteiger partial charge in [0.15, 0.2) is 0 Å². The van der Waals surface area contributed by atoms with Crippen LogP contribution in [-0.4, -0.2) is 28.3 Å². The molecule has 1 aromatic heterocycles. The third-order valence-corrected chi connectivity index (χ3v) is 3.07. The second-order valence-corrected chi connectivity index (χ2v) is 4.69. The molecule has 5 nitrogen and oxygen atoms in total. The van der Waals surface area contributed by atoms with Crippen molar-refractivity contribution in [2.75, 3.05) is 18.1 Å². The Morgan fingerprint density at radius 2 is 2.24 bits per heavy atom. The molecule has 0 radical (unpaired) electrons. The number of nitrogens with two attached hydrogens (primary N) is 1. The molecule has 0 spiro atoms. The van der Waals surface area contributed by atoms with Crippen LogP contribution in [0, 0.1) is 0 Å². The molecule has 0 aromatic carbocycles. The zero-order chi connectivity index (χ0) is 12.8. The summed E-state index contributed by atoms with van der Waals surface area (Å²) in [5, 5.41) is 0.751. The zero-order valence-corrected chi connectivity index (χ0v) is 11.1. The van der Waals surface area contributed by atoms with Gasteiger partial charge in [-0.2, -0.15) is 0 Å². The molecule has 0 saturated carbocycles. The number of rotatable bonds is 5. The highest BCUT2D eigenvalue weighted by Crippen LogP contribution is 2.29. The molecule has 17 heavy (non-hydrogen) atoms. The SMILES string of the molecule is CCOC(=O)CSc1ncnc(N)c1C(C)C. The summed E-state index contributed by atoms with van der Waals surface area (Å²) in [6, 6.07) is 0. The average molecular weight is 255 g/mol. The van der Waals surface area contributed by atoms with E-state index in [1.54, 1.807) is 6.92 Å². The summed E-state index contributed by atoms with van der Waals surface area (Å²) < 4.78 is 4.86. The Kier molecular flexibility index (Phi) is 5.21. The molecule has 0 aliphatic heterocycles. The minimum atomic E-state index is -0.246. The summed E-state index contributed by atoms with van der Waals surface area (Å²) in [5.41, 5.74) is 6.70. The molecule has 0 aliphatic carbocycles. The Hall–Kier alpha value is -1.30. The van der Waals surface area contributed by atoms with E-state index in [2.05, 4.69) is 9.97 Å². The molecule has 0 atom stereocenters. The summed E-state index contributed by atoms with van der Waals surface area (Å²) in [4.78, 5) is 19.4. The molecule has 6 heteroatoms. The Morgan fingerprint density at radius 1 is 1.53 bits per heavy atom. The molecular weight excluding hydrogens is 238 g/mol. The van der Waals surface area contributed by atoms with Crippen LogP contribution < -0.4 is 5.73 Å². The van der Waals surface area contributed by atoms with Crippen molar-refractivity contribution >= 4 is 23.5 Å². The maximum atomic E-state index is 11.3. The van der Waals surface area contributed by atoms with E-state index in [0.29, 0.717) is 12.4 Å². The van der Waals surface area contributed by atoms with Gasteiger partial charge in [-0.15, -0.1) is 0 Å². The fourth-order valence-electron chi connectivity index (χ4n) is 1.38. The van der Waals surface area contributed by atoms with Gasteiger partial charge in [-0.25, -0.2) is 9.97 Å². The third-order valence-electron chi connectivity index (χ3n) is 2.09. The van der Waals surface area contributed by atoms with Crippen LogP contribution in [-0.2, 0) is 9.53 Å². The topological polar surface area (TPSA) is 78.1 Å². The van der Waals surface area contributed by atoms with Gasteiger partial charge in [-0.1, -0.05) is 25.6 Å². The quantitative estimate of drug-likeness (QED) is 0.491. The molecule has 0 fully saturated rings. The van der Waals surface area contributed by atoms with Crippen molar-refractivity contribution in [1.29, 1.82) is 0 Å². The first kappa shape index (κ1) is 13.8. The van der Waals surface area contributed by atoms with Gasteiger partial charge in [0.1, 0.15) is 17.2 Å². The van der Waals surface area contributed by atoms with Gasteiger partial charge in [-0.3, -0.25) is 4.79 Å². The lowest BCUT2D eigenvalue weighted by molar-refractivity contribution is -0.139. The van der Waals surface area contributed by atoms with Gasteiger partial charge in [-0.05, 0) is 12.8 Å². The second kappa shape index (κ2) is 6.44. The summed E-state index contributed by atoms with van der Waals surface area (Å²) >= 11 is 1.33. The number of anilines is 1. The summed E-state index contributed by atoms with van der Waals surface area (Å²) in [6.07, 6.45) is 1.41. The number of aromatic nitrogens is 2. The van der Waals surface area contributed by atoms with Crippen LogP contribution in [0.1, 0.15) is 32.3 Å². The number of esters is 1. The van der Waals surface area contributed by atoms with E-state index < -0.39 is 0 Å². The predicted octanol–water partition coefficient (Wildman–Crippen LogP) is 1.84. The molecule has 1 rings (SSSR count). The van der Waals surface area contributed by atoms with Crippen molar-refractivity contribution in [2.24, 2.45) is 0 Å². The minimum Gasteiger partial charge on any atom is -0.465 e. The van der Waals surface area contributed by atoms with Crippen LogP contribution >= 0.6 is 11.8 Å². The van der Waals surface area contributed by atoms with Crippen LogP contribution in [0.4, 0.5) is 5.82 Å². The predicted molar refractivity (Wildman–Crippen MR) is 67.9 cm³/mol. The number of thioether (sulfide) groups is 1. The highest BCUT2D eigenvalue weighted by atomic mass is 32.2. The number of hydrogen-bond donors (Lipinski definition) is 1. The molecule has 0 bridgehead atoms. The molecule has 0 saturated heterocycles. The van der Waals surface area contributed by atoms with E-state index in [1.165, 1.54) is 18.1 Å². The van der Waals surface area contributed by atoms with E-state index >= 15 is 0 Å². The second-order valence-electron chi connectivity index (χ2n) is 3.73. The van der Waals surface area contributed by atoms with Crippen molar-refractivity contribution in [3.63, 3.8) is 0 Å². The standard InChI is InChI=1S/C11H17N3O2S/c1-4-16-8(15)5-17-11-9(7(2)3)10(12)13-6-14-11/h6-7H,4-5H2,1-3H3,(H2,12,13,14). The van der Waals surface area contributed by atoms with Crippen LogP contribution in [0.2, 0.25) is 0 Å². The lowest BCUT2D eigenvalue weighted by Gasteiger charge is -2.12. The smallest absolute Gasteiger partial charge is 0.316 e. The Morgan fingerprint density at radius 3 is 2.82 bits per heavy atom. The van der Waals surface area contributed by atoms with E-state index in [0.717, 1.165) is 10.6 Å². The number of nitrogen functional groups attached to an aromatic ring is 1. The van der Waals surface area contributed by atoms with E-state index in [9.17, 15) is 4.79 Å². The zero-order valence-electron chi connectivity index (χ0n) is 10.3. The highest BCUT2D eigenvalue weighted by Gasteiger charge is 2.14. The molecule has 0 unspecified atom stereocenters. The Bertz CT molecular complexity index is 396. The third kappa shape index (κ3) is 3.89. The van der Waals surface area contributed by atoms with Crippen LogP contribution in [0.3, 0.4) is 0 Å². The summed E-state index contributed by atoms with van der Waals surface area (Å²) in [7, 11) is 0. The van der Waals surface area contributed by atoms with Gasteiger partial charge in [0.25, 0.3) is 0 Å². The maximum Gasteiger partial charge on any atom is 0.316 e. The largest absolute Gasteiger partial charge is 0.465 e. The summed E-state index contributed by atoms with van der Waals surface area (Å²) in [6.45, 7) is 6.21. The van der Waals surface area contributed by atoms with Gasteiger partial charge in [0.05, 0.1) is 12.4 Å². The average Bonchev–Trinajstić information content (AvgIpc) is 2.26. The van der Waals surface area contributed by atoms with Crippen molar-refractivity contribution in [1.82, 2.24) is 9.97 Å². The number of carbonyl (C=O) groups is 1. The number of carbonyl (C=O) groups excluding carboxylic acids is 1. The van der Waals surface area contributed by atoms with Gasteiger partial charge in [0, 0.05) is 5.56 Å². The summed E-state index contributed by atoms with van der Waals surface area (Å²) in [5.74, 6) is 0.691. The van der Waals surface area contributed by atoms with Gasteiger partial charge in [0.2, 0.25) is 0 Å². The van der Waals surface area contributed by atoms with Crippen LogP contribution in [0.5, 0.6) is 0 Å². The fourth-order valence-corrected chi connectivity index (χ4v) is 2.34. The van der Waals surface area contributed by atoms with Gasteiger partial charge < -0.3 is 10.5 Å². The lowest BCUT2D eigenvalue weighted by atomic mass is 10.1. The van der Waals surface area contributed by atoms with Crippen LogP contribution in [0.25, 0.3) is 0 Å². The molecule has 1 heterocycles.